The van der Waals surface area contributed by atoms with Gasteiger partial charge in [0, 0.05) is 12.4 Å². The Labute approximate surface area is 117 Å². The molecule has 6 nitrogen and oxygen atoms in total. The molecule has 0 saturated carbocycles. The van der Waals surface area contributed by atoms with E-state index in [2.05, 4.69) is 10.4 Å². The zero-order chi connectivity index (χ0) is 14.7. The number of nitrogens with zero attached hydrogens (tertiary/aromatic N) is 2. The van der Waals surface area contributed by atoms with Gasteiger partial charge in [0.15, 0.2) is 0 Å². The molecular formula is C14H18N4O2. The quantitative estimate of drug-likeness (QED) is 0.571. The lowest BCUT2D eigenvalue weighted by molar-refractivity contribution is 0.0676. The molecule has 0 aliphatic carbocycles. The third kappa shape index (κ3) is 2.56. The Bertz CT molecular complexity index is 630. The third-order valence-electron chi connectivity index (χ3n) is 3.34. The maximum Gasteiger partial charge on any atom is 0.272 e. The molecule has 1 atom stereocenters. The SMILES string of the molecule is CC(CO)N(C)C(=O)c1cc2ccccc2c(NN)n1. The fraction of sp³-hybridized carbons (Fsp3) is 0.286. The summed E-state index contributed by atoms with van der Waals surface area (Å²) in [6.07, 6.45) is 0. The Balaban J connectivity index is 2.47. The average Bonchev–Trinajstić information content (AvgIpc) is 2.51. The molecule has 106 valence electrons. The molecule has 20 heavy (non-hydrogen) atoms. The number of aromatic nitrogens is 1. The lowest BCUT2D eigenvalue weighted by atomic mass is 10.1. The molecule has 1 unspecified atom stereocenters. The highest BCUT2D eigenvalue weighted by Gasteiger charge is 2.19. The van der Waals surface area contributed by atoms with Crippen molar-refractivity contribution >= 4 is 22.5 Å². The van der Waals surface area contributed by atoms with Gasteiger partial charge in [-0.1, -0.05) is 24.3 Å². The van der Waals surface area contributed by atoms with Crippen LogP contribution in [0.3, 0.4) is 0 Å². The van der Waals surface area contributed by atoms with E-state index in [9.17, 15) is 4.79 Å². The molecule has 0 radical (unpaired) electrons. The fourth-order valence-electron chi connectivity index (χ4n) is 1.92. The standard InChI is InChI=1S/C14H18N4O2/c1-9(8-19)18(2)14(20)12-7-10-5-3-4-6-11(10)13(16-12)17-15/h3-7,9,19H,8,15H2,1-2H3,(H,16,17). The number of nitrogens with two attached hydrogens (primary N) is 1. The van der Waals surface area contributed by atoms with Crippen molar-refractivity contribution in [2.24, 2.45) is 5.84 Å². The van der Waals surface area contributed by atoms with E-state index in [0.717, 1.165) is 10.8 Å². The maximum atomic E-state index is 12.3. The van der Waals surface area contributed by atoms with Gasteiger partial charge in [-0.25, -0.2) is 10.8 Å². The first kappa shape index (κ1) is 14.2. The van der Waals surface area contributed by atoms with Crippen molar-refractivity contribution in [3.63, 3.8) is 0 Å². The van der Waals surface area contributed by atoms with E-state index in [-0.39, 0.29) is 18.6 Å². The molecule has 0 aliphatic heterocycles. The number of hydrogen-bond donors (Lipinski definition) is 3. The average molecular weight is 274 g/mol. The summed E-state index contributed by atoms with van der Waals surface area (Å²) in [6.45, 7) is 1.67. The molecule has 0 bridgehead atoms. The molecule has 0 spiro atoms. The van der Waals surface area contributed by atoms with Gasteiger partial charge in [0.25, 0.3) is 5.91 Å². The number of rotatable bonds is 4. The largest absolute Gasteiger partial charge is 0.394 e. The van der Waals surface area contributed by atoms with Gasteiger partial charge in [0.1, 0.15) is 11.5 Å². The summed E-state index contributed by atoms with van der Waals surface area (Å²) in [6, 6.07) is 8.99. The molecule has 1 amide bonds. The predicted molar refractivity (Wildman–Crippen MR) is 78.2 cm³/mol. The number of hydrogen-bond acceptors (Lipinski definition) is 5. The summed E-state index contributed by atoms with van der Waals surface area (Å²) in [5, 5.41) is 10.9. The Hall–Kier alpha value is -2.18. The summed E-state index contributed by atoms with van der Waals surface area (Å²) in [5.74, 6) is 5.67. The van der Waals surface area contributed by atoms with Gasteiger partial charge in [0.05, 0.1) is 12.6 Å². The van der Waals surface area contributed by atoms with Crippen molar-refractivity contribution in [3.05, 3.63) is 36.0 Å². The summed E-state index contributed by atoms with van der Waals surface area (Å²) < 4.78 is 0. The van der Waals surface area contributed by atoms with Crippen LogP contribution in [-0.2, 0) is 0 Å². The Kier molecular flexibility index (Phi) is 4.16. The number of aliphatic hydroxyl groups is 1. The monoisotopic (exact) mass is 274 g/mol. The molecule has 2 rings (SSSR count). The summed E-state index contributed by atoms with van der Waals surface area (Å²) in [5.41, 5.74) is 2.81. The van der Waals surface area contributed by atoms with Crippen molar-refractivity contribution in [3.8, 4) is 0 Å². The number of carbonyl (C=O) groups is 1. The summed E-state index contributed by atoms with van der Waals surface area (Å²) in [7, 11) is 1.63. The van der Waals surface area contributed by atoms with Crippen molar-refractivity contribution in [1.82, 2.24) is 9.88 Å². The number of nitrogens with one attached hydrogen (secondary N) is 1. The molecule has 4 N–H and O–H groups in total. The lowest BCUT2D eigenvalue weighted by Crippen LogP contribution is -2.37. The first-order valence-corrected chi connectivity index (χ1v) is 6.33. The number of likely N-dealkylation sites (N-methyl/N-ethyl adjacent to an activating group) is 1. The molecule has 1 aromatic heterocycles. The normalized spacial score (nSPS) is 12.2. The van der Waals surface area contributed by atoms with Crippen LogP contribution in [0.15, 0.2) is 30.3 Å². The highest BCUT2D eigenvalue weighted by molar-refractivity contribution is 6.00. The van der Waals surface area contributed by atoms with E-state index in [1.807, 2.05) is 24.3 Å². The van der Waals surface area contributed by atoms with Gasteiger partial charge in [-0.2, -0.15) is 0 Å². The van der Waals surface area contributed by atoms with E-state index >= 15 is 0 Å². The number of carbonyl (C=O) groups excluding carboxylic acids is 1. The molecular weight excluding hydrogens is 256 g/mol. The number of hydrazine groups is 1. The number of aliphatic hydroxyl groups excluding tert-OH is 1. The number of fused-ring (bicyclic) bond motifs is 1. The van der Waals surface area contributed by atoms with E-state index in [1.54, 1.807) is 20.0 Å². The second-order valence-electron chi connectivity index (χ2n) is 4.67. The summed E-state index contributed by atoms with van der Waals surface area (Å²) >= 11 is 0. The van der Waals surface area contributed by atoms with Gasteiger partial charge in [-0.15, -0.1) is 0 Å². The number of pyridine rings is 1. The van der Waals surface area contributed by atoms with Crippen LogP contribution in [0.1, 0.15) is 17.4 Å². The minimum absolute atomic E-state index is 0.0994. The van der Waals surface area contributed by atoms with Crippen molar-refractivity contribution in [2.75, 3.05) is 19.1 Å². The number of benzene rings is 1. The second kappa shape index (κ2) is 5.85. The van der Waals surface area contributed by atoms with Gasteiger partial charge in [-0.05, 0) is 18.4 Å². The van der Waals surface area contributed by atoms with Crippen LogP contribution in [0.2, 0.25) is 0 Å². The minimum atomic E-state index is -0.273. The van der Waals surface area contributed by atoms with Crippen LogP contribution >= 0.6 is 0 Å². The van der Waals surface area contributed by atoms with E-state index in [4.69, 9.17) is 10.9 Å². The van der Waals surface area contributed by atoms with Gasteiger partial charge in [-0.3, -0.25) is 4.79 Å². The Morgan fingerprint density at radius 2 is 2.20 bits per heavy atom. The van der Waals surface area contributed by atoms with Crippen molar-refractivity contribution in [2.45, 2.75) is 13.0 Å². The molecule has 0 aliphatic rings. The van der Waals surface area contributed by atoms with Gasteiger partial charge >= 0.3 is 0 Å². The first-order valence-electron chi connectivity index (χ1n) is 6.33. The van der Waals surface area contributed by atoms with Crippen LogP contribution in [0.4, 0.5) is 5.82 Å². The highest BCUT2D eigenvalue weighted by atomic mass is 16.3. The fourth-order valence-corrected chi connectivity index (χ4v) is 1.92. The second-order valence-corrected chi connectivity index (χ2v) is 4.67. The smallest absolute Gasteiger partial charge is 0.272 e. The van der Waals surface area contributed by atoms with Crippen molar-refractivity contribution < 1.29 is 9.90 Å². The molecule has 0 fully saturated rings. The summed E-state index contributed by atoms with van der Waals surface area (Å²) in [4.78, 5) is 18.0. The Morgan fingerprint density at radius 1 is 1.50 bits per heavy atom. The zero-order valence-electron chi connectivity index (χ0n) is 11.5. The zero-order valence-corrected chi connectivity index (χ0v) is 11.5. The van der Waals surface area contributed by atoms with Crippen LogP contribution in [-0.4, -0.2) is 40.6 Å². The topological polar surface area (TPSA) is 91.5 Å². The van der Waals surface area contributed by atoms with Crippen LogP contribution in [0.5, 0.6) is 0 Å². The van der Waals surface area contributed by atoms with Gasteiger partial charge in [0.2, 0.25) is 0 Å². The highest BCUT2D eigenvalue weighted by Crippen LogP contribution is 2.22. The first-order chi connectivity index (χ1) is 9.58. The van der Waals surface area contributed by atoms with E-state index < -0.39 is 0 Å². The molecule has 0 saturated heterocycles. The maximum absolute atomic E-state index is 12.3. The number of amides is 1. The lowest BCUT2D eigenvalue weighted by Gasteiger charge is -2.23. The minimum Gasteiger partial charge on any atom is -0.394 e. The van der Waals surface area contributed by atoms with Crippen LogP contribution in [0.25, 0.3) is 10.8 Å². The predicted octanol–water partition coefficient (Wildman–Crippen LogP) is 0.973. The van der Waals surface area contributed by atoms with Crippen molar-refractivity contribution in [1.29, 1.82) is 0 Å². The molecule has 1 heterocycles. The van der Waals surface area contributed by atoms with E-state index in [0.29, 0.717) is 11.5 Å². The number of nitrogen functional groups attached to an aromatic ring is 1. The third-order valence-corrected chi connectivity index (χ3v) is 3.34. The molecule has 6 heteroatoms. The number of anilines is 1. The molecule has 1 aromatic carbocycles. The van der Waals surface area contributed by atoms with Gasteiger partial charge < -0.3 is 15.4 Å². The van der Waals surface area contributed by atoms with E-state index in [1.165, 1.54) is 4.90 Å². The van der Waals surface area contributed by atoms with Crippen LogP contribution in [0, 0.1) is 0 Å². The molecule has 2 aromatic rings. The van der Waals surface area contributed by atoms with Crippen LogP contribution < -0.4 is 11.3 Å². The Morgan fingerprint density at radius 3 is 2.85 bits per heavy atom.